The maximum atomic E-state index is 11.8. The van der Waals surface area contributed by atoms with Gasteiger partial charge in [0.2, 0.25) is 0 Å². The van der Waals surface area contributed by atoms with Gasteiger partial charge in [-0.2, -0.15) is 0 Å². The highest BCUT2D eigenvalue weighted by atomic mass is 16.6. The third-order valence-corrected chi connectivity index (χ3v) is 3.52. The van der Waals surface area contributed by atoms with E-state index in [0.717, 1.165) is 19.3 Å². The highest BCUT2D eigenvalue weighted by molar-refractivity contribution is 5.70. The maximum absolute atomic E-state index is 11.8. The minimum Gasteiger partial charge on any atom is -0.460 e. The summed E-state index contributed by atoms with van der Waals surface area (Å²) in [5, 5.41) is 0. The minimum atomic E-state index is -0.408. The molecular weight excluding hydrogens is 296 g/mol. The quantitative estimate of drug-likeness (QED) is 0.446. The molecule has 2 nitrogen and oxygen atoms in total. The average Bonchev–Trinajstić information content (AvgIpc) is 2.44. The molecule has 132 valence electrons. The highest BCUT2D eigenvalue weighted by Crippen LogP contribution is 2.15. The van der Waals surface area contributed by atoms with Crippen molar-refractivity contribution in [3.8, 4) is 0 Å². The Morgan fingerprint density at radius 1 is 1.04 bits per heavy atom. The molecule has 1 aromatic rings. The van der Waals surface area contributed by atoms with Crippen molar-refractivity contribution in [1.29, 1.82) is 0 Å². The van der Waals surface area contributed by atoms with Crippen molar-refractivity contribution in [2.24, 2.45) is 0 Å². The second kappa shape index (κ2) is 9.46. The zero-order valence-electron chi connectivity index (χ0n) is 16.1. The first-order valence-corrected chi connectivity index (χ1v) is 8.77. The molecule has 0 amide bonds. The second-order valence-electron chi connectivity index (χ2n) is 7.64. The second-order valence-corrected chi connectivity index (χ2v) is 7.64. The Kier molecular flexibility index (Phi) is 7.97. The average molecular weight is 328 g/mol. The van der Waals surface area contributed by atoms with Crippen LogP contribution in [0, 0.1) is 0 Å². The van der Waals surface area contributed by atoms with Gasteiger partial charge in [0.15, 0.2) is 0 Å². The Labute approximate surface area is 147 Å². The summed E-state index contributed by atoms with van der Waals surface area (Å²) in [5.74, 6) is -0.137. The Hall–Kier alpha value is -1.83. The van der Waals surface area contributed by atoms with E-state index in [2.05, 4.69) is 57.2 Å². The minimum absolute atomic E-state index is 0.137. The Morgan fingerprint density at radius 3 is 2.21 bits per heavy atom. The molecule has 0 aliphatic carbocycles. The van der Waals surface area contributed by atoms with E-state index in [0.29, 0.717) is 6.42 Å². The van der Waals surface area contributed by atoms with E-state index < -0.39 is 5.60 Å². The summed E-state index contributed by atoms with van der Waals surface area (Å²) in [5.41, 5.74) is 4.73. The lowest BCUT2D eigenvalue weighted by Gasteiger charge is -2.19. The molecule has 0 aliphatic rings. The van der Waals surface area contributed by atoms with Crippen molar-refractivity contribution >= 4 is 12.0 Å². The van der Waals surface area contributed by atoms with Crippen LogP contribution >= 0.6 is 0 Å². The monoisotopic (exact) mass is 328 g/mol. The number of carbonyl (C=O) groups is 1. The van der Waals surface area contributed by atoms with Crippen LogP contribution in [-0.2, 0) is 16.0 Å². The van der Waals surface area contributed by atoms with Gasteiger partial charge in [0.25, 0.3) is 0 Å². The van der Waals surface area contributed by atoms with Crippen molar-refractivity contribution in [1.82, 2.24) is 0 Å². The molecule has 24 heavy (non-hydrogen) atoms. The summed E-state index contributed by atoms with van der Waals surface area (Å²) < 4.78 is 5.34. The fourth-order valence-corrected chi connectivity index (χ4v) is 2.36. The standard InChI is InChI=1S/C22H32O2/c1-17(2)8-7-9-18(3)16-20-12-10-19(11-13-20)14-15-21(23)24-22(4,5)6/h8,10-13,16H,7,9,14-15H2,1-6H3/b18-16+. The topological polar surface area (TPSA) is 26.3 Å². The number of allylic oxidation sites excluding steroid dienone is 3. The number of hydrogen-bond donors (Lipinski definition) is 0. The van der Waals surface area contributed by atoms with Gasteiger partial charge in [-0.15, -0.1) is 0 Å². The van der Waals surface area contributed by atoms with Gasteiger partial charge in [-0.05, 0) is 71.9 Å². The summed E-state index contributed by atoms with van der Waals surface area (Å²) in [6, 6.07) is 8.43. The molecule has 1 rings (SSSR count). The van der Waals surface area contributed by atoms with Crippen LogP contribution in [-0.4, -0.2) is 11.6 Å². The van der Waals surface area contributed by atoms with Gasteiger partial charge in [0, 0.05) is 6.42 Å². The number of esters is 1. The molecule has 0 radical (unpaired) electrons. The summed E-state index contributed by atoms with van der Waals surface area (Å²) in [7, 11) is 0. The zero-order valence-corrected chi connectivity index (χ0v) is 16.1. The third kappa shape index (κ3) is 9.34. The van der Waals surface area contributed by atoms with Crippen LogP contribution in [0.3, 0.4) is 0 Å². The SMILES string of the molecule is CC(C)=CCC/C(C)=C/c1ccc(CCC(=O)OC(C)(C)C)cc1. The summed E-state index contributed by atoms with van der Waals surface area (Å²) >= 11 is 0. The highest BCUT2D eigenvalue weighted by Gasteiger charge is 2.15. The lowest BCUT2D eigenvalue weighted by atomic mass is 10.0. The van der Waals surface area contributed by atoms with Gasteiger partial charge in [-0.3, -0.25) is 4.79 Å². The number of hydrogen-bond acceptors (Lipinski definition) is 2. The van der Waals surface area contributed by atoms with E-state index in [9.17, 15) is 4.79 Å². The lowest BCUT2D eigenvalue weighted by molar-refractivity contribution is -0.154. The predicted octanol–water partition coefficient (Wildman–Crippen LogP) is 6.11. The lowest BCUT2D eigenvalue weighted by Crippen LogP contribution is -2.23. The number of benzene rings is 1. The van der Waals surface area contributed by atoms with Crippen LogP contribution in [0.15, 0.2) is 41.5 Å². The smallest absolute Gasteiger partial charge is 0.306 e. The van der Waals surface area contributed by atoms with Crippen LogP contribution in [0.5, 0.6) is 0 Å². The summed E-state index contributed by atoms with van der Waals surface area (Å²) in [6.07, 6.45) is 7.84. The Balaban J connectivity index is 2.51. The van der Waals surface area contributed by atoms with E-state index in [4.69, 9.17) is 4.74 Å². The van der Waals surface area contributed by atoms with Crippen molar-refractivity contribution in [2.75, 3.05) is 0 Å². The molecule has 0 spiro atoms. The normalized spacial score (nSPS) is 12.0. The molecule has 0 aromatic heterocycles. The largest absolute Gasteiger partial charge is 0.460 e. The van der Waals surface area contributed by atoms with Crippen LogP contribution in [0.1, 0.15) is 71.9 Å². The zero-order chi connectivity index (χ0) is 18.2. The van der Waals surface area contributed by atoms with Crippen LogP contribution in [0.25, 0.3) is 6.08 Å². The molecule has 0 unspecified atom stereocenters. The van der Waals surface area contributed by atoms with Crippen LogP contribution in [0.4, 0.5) is 0 Å². The first-order valence-electron chi connectivity index (χ1n) is 8.77. The van der Waals surface area contributed by atoms with Crippen molar-refractivity contribution in [2.45, 2.75) is 72.8 Å². The van der Waals surface area contributed by atoms with E-state index in [1.165, 1.54) is 22.3 Å². The van der Waals surface area contributed by atoms with Gasteiger partial charge in [-0.25, -0.2) is 0 Å². The fraction of sp³-hybridized carbons (Fsp3) is 0.500. The molecule has 1 aromatic carbocycles. The predicted molar refractivity (Wildman–Crippen MR) is 103 cm³/mol. The Morgan fingerprint density at radius 2 is 1.67 bits per heavy atom. The van der Waals surface area contributed by atoms with Gasteiger partial charge in [0.05, 0.1) is 0 Å². The van der Waals surface area contributed by atoms with E-state index in [1.807, 2.05) is 20.8 Å². The maximum Gasteiger partial charge on any atom is 0.306 e. The van der Waals surface area contributed by atoms with Gasteiger partial charge in [0.1, 0.15) is 5.60 Å². The van der Waals surface area contributed by atoms with Gasteiger partial charge < -0.3 is 4.74 Å². The molecule has 0 N–H and O–H groups in total. The Bertz CT molecular complexity index is 579. The van der Waals surface area contributed by atoms with Gasteiger partial charge >= 0.3 is 5.97 Å². The van der Waals surface area contributed by atoms with Crippen molar-refractivity contribution in [3.05, 3.63) is 52.6 Å². The third-order valence-electron chi connectivity index (χ3n) is 3.52. The molecule has 0 saturated heterocycles. The molecule has 0 saturated carbocycles. The first kappa shape index (κ1) is 20.2. The molecule has 0 bridgehead atoms. The summed E-state index contributed by atoms with van der Waals surface area (Å²) in [6.45, 7) is 12.1. The van der Waals surface area contributed by atoms with Gasteiger partial charge in [-0.1, -0.05) is 47.6 Å². The number of ether oxygens (including phenoxy) is 1. The number of carbonyl (C=O) groups excluding carboxylic acids is 1. The fourth-order valence-electron chi connectivity index (χ4n) is 2.36. The molecular formula is C22H32O2. The molecule has 0 heterocycles. The van der Waals surface area contributed by atoms with E-state index >= 15 is 0 Å². The molecule has 0 aliphatic heterocycles. The van der Waals surface area contributed by atoms with Crippen molar-refractivity contribution in [3.63, 3.8) is 0 Å². The van der Waals surface area contributed by atoms with E-state index in [-0.39, 0.29) is 5.97 Å². The first-order chi connectivity index (χ1) is 11.2. The van der Waals surface area contributed by atoms with Crippen LogP contribution in [0.2, 0.25) is 0 Å². The van der Waals surface area contributed by atoms with E-state index in [1.54, 1.807) is 0 Å². The van der Waals surface area contributed by atoms with Crippen molar-refractivity contribution < 1.29 is 9.53 Å². The summed E-state index contributed by atoms with van der Waals surface area (Å²) in [4.78, 5) is 11.8. The van der Waals surface area contributed by atoms with Crippen LogP contribution < -0.4 is 0 Å². The molecule has 2 heteroatoms. The number of aryl methyl sites for hydroxylation is 1. The molecule has 0 fully saturated rings. The number of rotatable bonds is 7. The molecule has 0 atom stereocenters.